The molecular formula is C9H15N3O2. The zero-order valence-corrected chi connectivity index (χ0v) is 8.65. The molecule has 0 aromatic carbocycles. The summed E-state index contributed by atoms with van der Waals surface area (Å²) in [5.74, 6) is 0.531. The Morgan fingerprint density at radius 3 is 2.64 bits per heavy atom. The van der Waals surface area contributed by atoms with Crippen LogP contribution in [0.4, 0.5) is 0 Å². The van der Waals surface area contributed by atoms with Crippen LogP contribution in [0.25, 0.3) is 0 Å². The minimum Gasteiger partial charge on any atom is -0.480 e. The number of likely N-dealkylation sites (N-methyl/N-ethyl adjacent to an activating group) is 1. The van der Waals surface area contributed by atoms with Crippen LogP contribution >= 0.6 is 0 Å². The molecule has 5 nitrogen and oxygen atoms in total. The van der Waals surface area contributed by atoms with Crippen molar-refractivity contribution >= 4 is 0 Å². The number of nitrogens with zero attached hydrogens (tertiary/aromatic N) is 2. The van der Waals surface area contributed by atoms with Crippen LogP contribution in [0.5, 0.6) is 5.88 Å². The molecule has 0 saturated heterocycles. The van der Waals surface area contributed by atoms with Gasteiger partial charge in [0.25, 0.3) is 0 Å². The first-order chi connectivity index (χ1) is 6.83. The fourth-order valence-electron chi connectivity index (χ4n) is 1.20. The van der Waals surface area contributed by atoms with Gasteiger partial charge < -0.3 is 14.8 Å². The Labute approximate surface area is 83.5 Å². The molecule has 0 bridgehead atoms. The highest BCUT2D eigenvalue weighted by molar-refractivity contribution is 5.21. The summed E-state index contributed by atoms with van der Waals surface area (Å²) in [6, 6.07) is 0.00338. The van der Waals surface area contributed by atoms with E-state index in [0.717, 1.165) is 5.69 Å². The first-order valence-corrected chi connectivity index (χ1v) is 4.34. The molecule has 5 heteroatoms. The Bertz CT molecular complexity index is 281. The van der Waals surface area contributed by atoms with Crippen molar-refractivity contribution in [2.24, 2.45) is 0 Å². The molecular weight excluding hydrogens is 182 g/mol. The maximum Gasteiger partial charge on any atom is 0.237 e. The third-order valence-corrected chi connectivity index (χ3v) is 1.90. The molecule has 1 heterocycles. The molecule has 0 radical (unpaired) electrons. The molecule has 1 rings (SSSR count). The fourth-order valence-corrected chi connectivity index (χ4v) is 1.20. The quantitative estimate of drug-likeness (QED) is 0.740. The first kappa shape index (κ1) is 10.9. The van der Waals surface area contributed by atoms with Gasteiger partial charge in [0.05, 0.1) is 19.8 Å². The van der Waals surface area contributed by atoms with Crippen molar-refractivity contribution < 1.29 is 9.47 Å². The van der Waals surface area contributed by atoms with E-state index in [1.807, 2.05) is 7.05 Å². The Morgan fingerprint density at radius 2 is 2.07 bits per heavy atom. The van der Waals surface area contributed by atoms with E-state index >= 15 is 0 Å². The topological polar surface area (TPSA) is 56.3 Å². The highest BCUT2D eigenvalue weighted by Crippen LogP contribution is 2.19. The maximum atomic E-state index is 5.11. The number of hydrogen-bond donors (Lipinski definition) is 1. The van der Waals surface area contributed by atoms with Gasteiger partial charge >= 0.3 is 0 Å². The second kappa shape index (κ2) is 5.51. The Kier molecular flexibility index (Phi) is 4.28. The number of methoxy groups -OCH3 is 2. The van der Waals surface area contributed by atoms with E-state index in [1.165, 1.54) is 0 Å². The average molecular weight is 197 g/mol. The summed E-state index contributed by atoms with van der Waals surface area (Å²) < 4.78 is 10.2. The normalized spacial score (nSPS) is 12.5. The van der Waals surface area contributed by atoms with Crippen molar-refractivity contribution in [2.45, 2.75) is 6.04 Å². The summed E-state index contributed by atoms with van der Waals surface area (Å²) >= 11 is 0. The van der Waals surface area contributed by atoms with Crippen LogP contribution in [0.3, 0.4) is 0 Å². The number of hydrogen-bond acceptors (Lipinski definition) is 5. The molecule has 14 heavy (non-hydrogen) atoms. The van der Waals surface area contributed by atoms with Crippen molar-refractivity contribution in [1.29, 1.82) is 0 Å². The molecule has 0 spiro atoms. The van der Waals surface area contributed by atoms with Crippen LogP contribution < -0.4 is 10.1 Å². The maximum absolute atomic E-state index is 5.11. The molecule has 1 aromatic heterocycles. The molecule has 0 aliphatic rings. The minimum absolute atomic E-state index is 0.00338. The van der Waals surface area contributed by atoms with Gasteiger partial charge in [-0.25, -0.2) is 4.98 Å². The number of ether oxygens (including phenoxy) is 2. The third-order valence-electron chi connectivity index (χ3n) is 1.90. The second-order valence-electron chi connectivity index (χ2n) is 2.75. The van der Waals surface area contributed by atoms with E-state index in [9.17, 15) is 0 Å². The number of rotatable bonds is 5. The van der Waals surface area contributed by atoms with Gasteiger partial charge in [-0.2, -0.15) is 0 Å². The zero-order chi connectivity index (χ0) is 10.4. The lowest BCUT2D eigenvalue weighted by Crippen LogP contribution is -2.23. The van der Waals surface area contributed by atoms with Crippen LogP contribution in [0.15, 0.2) is 12.4 Å². The molecule has 0 saturated carbocycles. The Hall–Kier alpha value is -1.20. The SMILES string of the molecule is CNC(COC)c1nccnc1OC. The lowest BCUT2D eigenvalue weighted by molar-refractivity contribution is 0.167. The van der Waals surface area contributed by atoms with Crippen molar-refractivity contribution in [3.8, 4) is 5.88 Å². The van der Waals surface area contributed by atoms with Gasteiger partial charge in [0, 0.05) is 19.5 Å². The Balaban J connectivity index is 2.90. The van der Waals surface area contributed by atoms with E-state index in [0.29, 0.717) is 12.5 Å². The summed E-state index contributed by atoms with van der Waals surface area (Å²) in [6.07, 6.45) is 3.24. The molecule has 0 fully saturated rings. The number of aromatic nitrogens is 2. The largest absolute Gasteiger partial charge is 0.480 e. The van der Waals surface area contributed by atoms with Crippen LogP contribution in [-0.2, 0) is 4.74 Å². The van der Waals surface area contributed by atoms with Gasteiger partial charge in [0.1, 0.15) is 5.69 Å². The molecule has 0 aliphatic carbocycles. The van der Waals surface area contributed by atoms with Crippen molar-refractivity contribution in [1.82, 2.24) is 15.3 Å². The van der Waals surface area contributed by atoms with Crippen LogP contribution in [0.1, 0.15) is 11.7 Å². The molecule has 1 aromatic rings. The summed E-state index contributed by atoms with van der Waals surface area (Å²) in [7, 11) is 5.07. The zero-order valence-electron chi connectivity index (χ0n) is 8.65. The van der Waals surface area contributed by atoms with Crippen LogP contribution in [-0.4, -0.2) is 37.8 Å². The van der Waals surface area contributed by atoms with Crippen molar-refractivity contribution in [3.05, 3.63) is 18.1 Å². The van der Waals surface area contributed by atoms with Crippen molar-refractivity contribution in [2.75, 3.05) is 27.9 Å². The summed E-state index contributed by atoms with van der Waals surface area (Å²) in [6.45, 7) is 0.533. The van der Waals surface area contributed by atoms with Crippen molar-refractivity contribution in [3.63, 3.8) is 0 Å². The van der Waals surface area contributed by atoms with Crippen LogP contribution in [0.2, 0.25) is 0 Å². The predicted octanol–water partition coefficient (Wildman–Crippen LogP) is 0.392. The predicted molar refractivity (Wildman–Crippen MR) is 52.3 cm³/mol. The molecule has 78 valence electrons. The molecule has 1 unspecified atom stereocenters. The Morgan fingerprint density at radius 1 is 1.36 bits per heavy atom. The lowest BCUT2D eigenvalue weighted by Gasteiger charge is -2.15. The fraction of sp³-hybridized carbons (Fsp3) is 0.556. The van der Waals surface area contributed by atoms with Crippen LogP contribution in [0, 0.1) is 0 Å². The average Bonchev–Trinajstić information content (AvgIpc) is 2.26. The van der Waals surface area contributed by atoms with E-state index in [-0.39, 0.29) is 6.04 Å². The van der Waals surface area contributed by atoms with Gasteiger partial charge in [-0.15, -0.1) is 0 Å². The number of nitrogens with one attached hydrogen (secondary N) is 1. The molecule has 1 N–H and O–H groups in total. The van der Waals surface area contributed by atoms with E-state index < -0.39 is 0 Å². The summed E-state index contributed by atoms with van der Waals surface area (Å²) in [4.78, 5) is 8.28. The monoisotopic (exact) mass is 197 g/mol. The highest BCUT2D eigenvalue weighted by Gasteiger charge is 2.16. The van der Waals surface area contributed by atoms with E-state index in [4.69, 9.17) is 9.47 Å². The molecule has 1 atom stereocenters. The lowest BCUT2D eigenvalue weighted by atomic mass is 10.2. The van der Waals surface area contributed by atoms with E-state index in [1.54, 1.807) is 26.6 Å². The third kappa shape index (κ3) is 2.40. The van der Waals surface area contributed by atoms with Gasteiger partial charge in [-0.05, 0) is 7.05 Å². The summed E-state index contributed by atoms with van der Waals surface area (Å²) in [5.41, 5.74) is 0.763. The summed E-state index contributed by atoms with van der Waals surface area (Å²) in [5, 5.41) is 3.09. The molecule has 0 amide bonds. The highest BCUT2D eigenvalue weighted by atomic mass is 16.5. The van der Waals surface area contributed by atoms with Gasteiger partial charge in [0.2, 0.25) is 5.88 Å². The minimum atomic E-state index is 0.00338. The van der Waals surface area contributed by atoms with Gasteiger partial charge in [-0.1, -0.05) is 0 Å². The van der Waals surface area contributed by atoms with Gasteiger partial charge in [0.15, 0.2) is 0 Å². The second-order valence-corrected chi connectivity index (χ2v) is 2.75. The van der Waals surface area contributed by atoms with E-state index in [2.05, 4.69) is 15.3 Å². The molecule has 0 aliphatic heterocycles. The standard InChI is InChI=1S/C9H15N3O2/c1-10-7(6-13-2)8-9(14-3)12-5-4-11-8/h4-5,7,10H,6H2,1-3H3. The first-order valence-electron chi connectivity index (χ1n) is 4.34. The van der Waals surface area contributed by atoms with Gasteiger partial charge in [-0.3, -0.25) is 4.98 Å². The smallest absolute Gasteiger partial charge is 0.237 e.